The number of piperazine rings is 1. The van der Waals surface area contributed by atoms with Gasteiger partial charge in [-0.25, -0.2) is 0 Å². The van der Waals surface area contributed by atoms with Gasteiger partial charge in [0.15, 0.2) is 0 Å². The normalized spacial score (nSPS) is 17.2. The number of carbonyl (C=O) groups is 1. The van der Waals surface area contributed by atoms with E-state index in [-0.39, 0.29) is 0 Å². The van der Waals surface area contributed by atoms with Crippen LogP contribution < -0.4 is 0 Å². The summed E-state index contributed by atoms with van der Waals surface area (Å²) in [4.78, 5) is 20.9. The van der Waals surface area contributed by atoms with E-state index in [0.717, 1.165) is 55.1 Å². The lowest BCUT2D eigenvalue weighted by atomic mass is 9.92. The summed E-state index contributed by atoms with van der Waals surface area (Å²) in [5, 5.41) is 9.93. The molecule has 0 unspecified atom stereocenters. The monoisotopic (exact) mass is 353 g/mol. The van der Waals surface area contributed by atoms with Crippen LogP contribution in [0.2, 0.25) is 0 Å². The van der Waals surface area contributed by atoms with E-state index < -0.39 is 12.0 Å². The highest BCUT2D eigenvalue weighted by Crippen LogP contribution is 2.29. The molecule has 1 aliphatic heterocycles. The van der Waals surface area contributed by atoms with Gasteiger partial charge in [0.2, 0.25) is 0 Å². The molecule has 1 aromatic carbocycles. The lowest BCUT2D eigenvalue weighted by Gasteiger charge is -2.38. The van der Waals surface area contributed by atoms with Crippen LogP contribution >= 0.6 is 0 Å². The Morgan fingerprint density at radius 1 is 1.12 bits per heavy atom. The molecule has 1 saturated heterocycles. The number of hydrogen-bond donors (Lipinski definition) is 1. The number of hydrogen-bond acceptors (Lipinski definition) is 4. The van der Waals surface area contributed by atoms with Crippen molar-refractivity contribution in [3.63, 3.8) is 0 Å². The summed E-state index contributed by atoms with van der Waals surface area (Å²) < 4.78 is 0. The van der Waals surface area contributed by atoms with Crippen molar-refractivity contribution < 1.29 is 9.90 Å². The average molecular weight is 353 g/mol. The van der Waals surface area contributed by atoms with Crippen molar-refractivity contribution in [1.29, 1.82) is 0 Å². The SMILES string of the molecule is Cc1cc(C)c([C@@H](C(=O)O)N2CCN(Cc3ccccn3)CC2)c(C)c1. The molecule has 1 aromatic heterocycles. The number of aliphatic carboxylic acids is 1. The van der Waals surface area contributed by atoms with Crippen molar-refractivity contribution in [2.75, 3.05) is 26.2 Å². The van der Waals surface area contributed by atoms with Gasteiger partial charge in [-0.05, 0) is 49.6 Å². The molecular weight excluding hydrogens is 326 g/mol. The fraction of sp³-hybridized carbons (Fsp3) is 0.429. The van der Waals surface area contributed by atoms with Crippen LogP contribution in [-0.4, -0.2) is 52.0 Å². The molecule has 0 saturated carbocycles. The van der Waals surface area contributed by atoms with Gasteiger partial charge in [0.05, 0.1) is 5.69 Å². The van der Waals surface area contributed by atoms with Crippen molar-refractivity contribution in [1.82, 2.24) is 14.8 Å². The number of nitrogens with zero attached hydrogens (tertiary/aromatic N) is 3. The van der Waals surface area contributed by atoms with Gasteiger partial charge >= 0.3 is 5.97 Å². The first-order valence-electron chi connectivity index (χ1n) is 9.12. The van der Waals surface area contributed by atoms with E-state index in [0.29, 0.717) is 0 Å². The van der Waals surface area contributed by atoms with E-state index in [1.807, 2.05) is 38.2 Å². The van der Waals surface area contributed by atoms with Crippen LogP contribution in [0.4, 0.5) is 0 Å². The Labute approximate surface area is 155 Å². The van der Waals surface area contributed by atoms with E-state index in [9.17, 15) is 9.90 Å². The zero-order valence-electron chi connectivity index (χ0n) is 15.8. The van der Waals surface area contributed by atoms with Gasteiger partial charge in [0.25, 0.3) is 0 Å². The maximum atomic E-state index is 12.1. The van der Waals surface area contributed by atoms with Gasteiger partial charge in [-0.15, -0.1) is 0 Å². The Kier molecular flexibility index (Phi) is 5.69. The molecule has 26 heavy (non-hydrogen) atoms. The summed E-state index contributed by atoms with van der Waals surface area (Å²) in [5.41, 5.74) is 5.30. The minimum absolute atomic E-state index is 0.576. The standard InChI is InChI=1S/C21H27N3O2/c1-15-12-16(2)19(17(3)13-15)20(21(25)26)24-10-8-23(9-11-24)14-18-6-4-5-7-22-18/h4-7,12-13,20H,8-11,14H2,1-3H3,(H,25,26)/t20-/m0/s1. The van der Waals surface area contributed by atoms with E-state index in [2.05, 4.69) is 33.8 Å². The highest BCUT2D eigenvalue weighted by Gasteiger charge is 2.32. The van der Waals surface area contributed by atoms with Crippen molar-refractivity contribution in [3.8, 4) is 0 Å². The predicted octanol–water partition coefficient (Wildman–Crippen LogP) is 2.95. The van der Waals surface area contributed by atoms with Gasteiger partial charge in [0, 0.05) is 38.9 Å². The number of carboxylic acids is 1. The fourth-order valence-electron chi connectivity index (χ4n) is 3.99. The number of benzene rings is 1. The zero-order chi connectivity index (χ0) is 18.7. The van der Waals surface area contributed by atoms with Gasteiger partial charge in [-0.1, -0.05) is 23.8 Å². The second kappa shape index (κ2) is 7.98. The Morgan fingerprint density at radius 2 is 1.77 bits per heavy atom. The molecule has 138 valence electrons. The Hall–Kier alpha value is -2.24. The highest BCUT2D eigenvalue weighted by molar-refractivity contribution is 5.77. The maximum absolute atomic E-state index is 12.1. The van der Waals surface area contributed by atoms with Crippen molar-refractivity contribution >= 4 is 5.97 Å². The third kappa shape index (κ3) is 4.11. The third-order valence-corrected chi connectivity index (χ3v) is 5.13. The first-order valence-corrected chi connectivity index (χ1v) is 9.12. The highest BCUT2D eigenvalue weighted by atomic mass is 16.4. The Morgan fingerprint density at radius 3 is 2.31 bits per heavy atom. The number of pyridine rings is 1. The Bertz CT molecular complexity index is 745. The molecule has 5 nitrogen and oxygen atoms in total. The summed E-state index contributed by atoms with van der Waals surface area (Å²) in [5.74, 6) is -0.766. The first-order chi connectivity index (χ1) is 12.5. The van der Waals surface area contributed by atoms with Crippen LogP contribution in [0.5, 0.6) is 0 Å². The summed E-state index contributed by atoms with van der Waals surface area (Å²) in [7, 11) is 0. The van der Waals surface area contributed by atoms with Crippen LogP contribution in [0, 0.1) is 20.8 Å². The maximum Gasteiger partial charge on any atom is 0.325 e. The largest absolute Gasteiger partial charge is 0.480 e. The third-order valence-electron chi connectivity index (χ3n) is 5.13. The number of aryl methyl sites for hydroxylation is 3. The topological polar surface area (TPSA) is 56.7 Å². The van der Waals surface area contributed by atoms with Crippen LogP contribution in [0.1, 0.15) is 34.0 Å². The van der Waals surface area contributed by atoms with Gasteiger partial charge < -0.3 is 5.11 Å². The van der Waals surface area contributed by atoms with Gasteiger partial charge in [-0.2, -0.15) is 0 Å². The van der Waals surface area contributed by atoms with Crippen molar-refractivity contribution in [2.45, 2.75) is 33.4 Å². The second-order valence-corrected chi connectivity index (χ2v) is 7.19. The van der Waals surface area contributed by atoms with E-state index >= 15 is 0 Å². The predicted molar refractivity (Wildman–Crippen MR) is 102 cm³/mol. The first kappa shape index (κ1) is 18.5. The minimum atomic E-state index is -0.766. The molecule has 1 N–H and O–H groups in total. The smallest absolute Gasteiger partial charge is 0.325 e. The zero-order valence-corrected chi connectivity index (χ0v) is 15.8. The number of carboxylic acid groups (broad SMARTS) is 1. The van der Waals surface area contributed by atoms with Crippen molar-refractivity contribution in [3.05, 3.63) is 64.5 Å². The molecule has 2 aromatic rings. The molecule has 1 atom stereocenters. The molecule has 0 bridgehead atoms. The second-order valence-electron chi connectivity index (χ2n) is 7.19. The molecule has 0 amide bonds. The van der Waals surface area contributed by atoms with Gasteiger partial charge in [-0.3, -0.25) is 19.6 Å². The molecule has 0 aliphatic carbocycles. The van der Waals surface area contributed by atoms with E-state index in [1.165, 1.54) is 5.56 Å². The lowest BCUT2D eigenvalue weighted by molar-refractivity contribution is -0.144. The molecular formula is C21H27N3O2. The van der Waals surface area contributed by atoms with Gasteiger partial charge in [0.1, 0.15) is 6.04 Å². The summed E-state index contributed by atoms with van der Waals surface area (Å²) in [6.45, 7) is 10.1. The molecule has 3 rings (SSSR count). The summed E-state index contributed by atoms with van der Waals surface area (Å²) in [6, 6.07) is 9.54. The molecule has 2 heterocycles. The Balaban J connectivity index is 1.73. The fourth-order valence-corrected chi connectivity index (χ4v) is 3.99. The van der Waals surface area contributed by atoms with Crippen LogP contribution in [0.25, 0.3) is 0 Å². The summed E-state index contributed by atoms with van der Waals surface area (Å²) in [6.07, 6.45) is 1.81. The molecule has 1 fully saturated rings. The number of rotatable bonds is 5. The molecule has 5 heteroatoms. The van der Waals surface area contributed by atoms with E-state index in [4.69, 9.17) is 0 Å². The van der Waals surface area contributed by atoms with Crippen LogP contribution in [0.15, 0.2) is 36.5 Å². The lowest BCUT2D eigenvalue weighted by Crippen LogP contribution is -2.49. The quantitative estimate of drug-likeness (QED) is 0.896. The van der Waals surface area contributed by atoms with Crippen LogP contribution in [0.3, 0.4) is 0 Å². The minimum Gasteiger partial charge on any atom is -0.480 e. The molecule has 0 radical (unpaired) electrons. The molecule has 1 aliphatic rings. The number of aromatic nitrogens is 1. The molecule has 0 spiro atoms. The average Bonchev–Trinajstić information content (AvgIpc) is 2.59. The van der Waals surface area contributed by atoms with Crippen molar-refractivity contribution in [2.24, 2.45) is 0 Å². The van der Waals surface area contributed by atoms with E-state index in [1.54, 1.807) is 0 Å². The van der Waals surface area contributed by atoms with Crippen LogP contribution in [-0.2, 0) is 11.3 Å². The summed E-state index contributed by atoms with van der Waals surface area (Å²) >= 11 is 0.